The van der Waals surface area contributed by atoms with E-state index in [2.05, 4.69) is 5.32 Å². The lowest BCUT2D eigenvalue weighted by molar-refractivity contribution is -0.118. The molecule has 0 saturated carbocycles. The number of aliphatic hydroxyl groups excluding tert-OH is 1. The van der Waals surface area contributed by atoms with Crippen molar-refractivity contribution >= 4 is 11.6 Å². The second-order valence-electron chi connectivity index (χ2n) is 3.06. The summed E-state index contributed by atoms with van der Waals surface area (Å²) in [5.41, 5.74) is 8.07. The summed E-state index contributed by atoms with van der Waals surface area (Å²) in [7, 11) is 0. The van der Waals surface area contributed by atoms with Crippen LogP contribution in [0.1, 0.15) is 11.1 Å². The third-order valence-corrected chi connectivity index (χ3v) is 1.96. The summed E-state index contributed by atoms with van der Waals surface area (Å²) in [4.78, 5) is 10.9. The van der Waals surface area contributed by atoms with Crippen molar-refractivity contribution in [2.24, 2.45) is 5.73 Å². The number of nitrogens with one attached hydrogen (secondary N) is 1. The molecule has 0 bridgehead atoms. The van der Waals surface area contributed by atoms with Crippen molar-refractivity contribution in [2.75, 3.05) is 11.9 Å². The number of carbonyl (C=O) groups is 1. The average Bonchev–Trinajstić information content (AvgIpc) is 2.21. The summed E-state index contributed by atoms with van der Waals surface area (Å²) in [5, 5.41) is 11.2. The van der Waals surface area contributed by atoms with E-state index in [1.165, 1.54) is 0 Å². The molecule has 0 unspecified atom stereocenters. The molecule has 0 aromatic heterocycles. The Balaban J connectivity index is 2.89. The first-order valence-corrected chi connectivity index (χ1v) is 4.37. The number of amides is 1. The average molecular weight is 194 g/mol. The van der Waals surface area contributed by atoms with Crippen molar-refractivity contribution in [1.82, 2.24) is 0 Å². The predicted octanol–water partition coefficient (Wildman–Crippen LogP) is 0.385. The summed E-state index contributed by atoms with van der Waals surface area (Å²) < 4.78 is 0. The first-order valence-electron chi connectivity index (χ1n) is 4.37. The maximum absolute atomic E-state index is 10.9. The third-order valence-electron chi connectivity index (χ3n) is 1.96. The van der Waals surface area contributed by atoms with Gasteiger partial charge in [-0.1, -0.05) is 12.1 Å². The molecule has 4 nitrogen and oxygen atoms in total. The molecule has 4 N–H and O–H groups in total. The van der Waals surface area contributed by atoms with E-state index < -0.39 is 12.5 Å². The molecule has 1 rings (SSSR count). The Bertz CT molecular complexity index is 337. The van der Waals surface area contributed by atoms with Crippen LogP contribution in [0.2, 0.25) is 0 Å². The zero-order valence-corrected chi connectivity index (χ0v) is 8.08. The number of aliphatic hydroxyl groups is 1. The highest BCUT2D eigenvalue weighted by Crippen LogP contribution is 2.16. The Morgan fingerprint density at radius 1 is 1.57 bits per heavy atom. The maximum atomic E-state index is 10.9. The lowest BCUT2D eigenvalue weighted by Crippen LogP contribution is -2.16. The lowest BCUT2D eigenvalue weighted by atomic mass is 10.1. The fourth-order valence-corrected chi connectivity index (χ4v) is 1.12. The number of nitrogens with two attached hydrogens (primary N) is 1. The summed E-state index contributed by atoms with van der Waals surface area (Å²) in [6.07, 6.45) is 0. The first kappa shape index (κ1) is 10.7. The van der Waals surface area contributed by atoms with E-state index in [1.54, 1.807) is 0 Å². The molecule has 1 aromatic carbocycles. The van der Waals surface area contributed by atoms with Crippen LogP contribution in [0, 0.1) is 6.92 Å². The van der Waals surface area contributed by atoms with Gasteiger partial charge in [0, 0.05) is 12.2 Å². The predicted molar refractivity (Wildman–Crippen MR) is 54.8 cm³/mol. The van der Waals surface area contributed by atoms with Crippen molar-refractivity contribution in [3.8, 4) is 0 Å². The molecular formula is C10H14N2O2. The molecule has 0 saturated heterocycles. The Labute approximate surface area is 82.7 Å². The lowest BCUT2D eigenvalue weighted by Gasteiger charge is -2.08. The van der Waals surface area contributed by atoms with E-state index in [-0.39, 0.29) is 0 Å². The highest BCUT2D eigenvalue weighted by molar-refractivity contribution is 5.92. The minimum Gasteiger partial charge on any atom is -0.387 e. The molecule has 4 heteroatoms. The van der Waals surface area contributed by atoms with Gasteiger partial charge in [0.2, 0.25) is 5.91 Å². The smallest absolute Gasteiger partial charge is 0.250 e. The first-order chi connectivity index (χ1) is 6.67. The molecule has 14 heavy (non-hydrogen) atoms. The van der Waals surface area contributed by atoms with Gasteiger partial charge in [0.05, 0.1) is 0 Å². The van der Waals surface area contributed by atoms with Gasteiger partial charge < -0.3 is 16.2 Å². The number of hydrogen-bond acceptors (Lipinski definition) is 3. The van der Waals surface area contributed by atoms with E-state index in [9.17, 15) is 4.79 Å². The van der Waals surface area contributed by atoms with Gasteiger partial charge in [-0.25, -0.2) is 0 Å². The molecule has 0 fully saturated rings. The summed E-state index contributed by atoms with van der Waals surface area (Å²) in [5.74, 6) is -0.415. The third kappa shape index (κ3) is 2.55. The molecule has 0 aliphatic rings. The van der Waals surface area contributed by atoms with Gasteiger partial charge in [0.15, 0.2) is 0 Å². The number of benzene rings is 1. The minimum atomic E-state index is -0.508. The molecule has 0 atom stereocenters. The quantitative estimate of drug-likeness (QED) is 0.651. The van der Waals surface area contributed by atoms with Gasteiger partial charge in [-0.15, -0.1) is 0 Å². The van der Waals surface area contributed by atoms with Gasteiger partial charge in [0.1, 0.15) is 6.61 Å². The Hall–Kier alpha value is -1.39. The number of anilines is 1. The molecule has 1 amide bonds. The van der Waals surface area contributed by atoms with Crippen LogP contribution in [0.5, 0.6) is 0 Å². The molecule has 0 spiro atoms. The van der Waals surface area contributed by atoms with E-state index in [1.807, 2.05) is 25.1 Å². The minimum absolute atomic E-state index is 0.415. The zero-order valence-electron chi connectivity index (χ0n) is 8.08. The van der Waals surface area contributed by atoms with Crippen LogP contribution < -0.4 is 11.1 Å². The van der Waals surface area contributed by atoms with E-state index >= 15 is 0 Å². The summed E-state index contributed by atoms with van der Waals surface area (Å²) in [6.45, 7) is 1.81. The van der Waals surface area contributed by atoms with Gasteiger partial charge >= 0.3 is 0 Å². The van der Waals surface area contributed by atoms with Gasteiger partial charge in [-0.3, -0.25) is 4.79 Å². The van der Waals surface area contributed by atoms with Crippen LogP contribution in [0.3, 0.4) is 0 Å². The second-order valence-corrected chi connectivity index (χ2v) is 3.06. The molecule has 1 aromatic rings. The Kier molecular flexibility index (Phi) is 3.62. The summed E-state index contributed by atoms with van der Waals surface area (Å²) >= 11 is 0. The Morgan fingerprint density at radius 3 is 2.86 bits per heavy atom. The topological polar surface area (TPSA) is 75.3 Å². The van der Waals surface area contributed by atoms with Crippen molar-refractivity contribution in [2.45, 2.75) is 13.5 Å². The number of carbonyl (C=O) groups excluding carboxylic acids is 1. The molecular weight excluding hydrogens is 180 g/mol. The van der Waals surface area contributed by atoms with Crippen molar-refractivity contribution in [3.05, 3.63) is 29.3 Å². The highest BCUT2D eigenvalue weighted by Gasteiger charge is 2.03. The number of hydrogen-bond donors (Lipinski definition) is 3. The van der Waals surface area contributed by atoms with E-state index in [0.717, 1.165) is 11.1 Å². The molecule has 0 aliphatic carbocycles. The van der Waals surface area contributed by atoms with Crippen molar-refractivity contribution in [1.29, 1.82) is 0 Å². The van der Waals surface area contributed by atoms with Crippen molar-refractivity contribution in [3.63, 3.8) is 0 Å². The van der Waals surface area contributed by atoms with E-state index in [0.29, 0.717) is 12.2 Å². The van der Waals surface area contributed by atoms with Crippen LogP contribution >= 0.6 is 0 Å². The molecule has 0 radical (unpaired) electrons. The normalized spacial score (nSPS) is 9.93. The van der Waals surface area contributed by atoms with Crippen LogP contribution in [0.25, 0.3) is 0 Å². The van der Waals surface area contributed by atoms with Crippen LogP contribution in [-0.2, 0) is 11.3 Å². The molecule has 76 valence electrons. The number of rotatable bonds is 3. The second kappa shape index (κ2) is 4.74. The fraction of sp³-hybridized carbons (Fsp3) is 0.300. The largest absolute Gasteiger partial charge is 0.387 e. The van der Waals surface area contributed by atoms with Crippen LogP contribution in [0.15, 0.2) is 18.2 Å². The SMILES string of the molecule is Cc1ccc(CN)cc1NC(=O)CO. The maximum Gasteiger partial charge on any atom is 0.250 e. The molecule has 0 aliphatic heterocycles. The Morgan fingerprint density at radius 2 is 2.29 bits per heavy atom. The monoisotopic (exact) mass is 194 g/mol. The fourth-order valence-electron chi connectivity index (χ4n) is 1.12. The standard InChI is InChI=1S/C10H14N2O2/c1-7-2-3-8(5-11)4-9(7)12-10(14)6-13/h2-4,13H,5-6,11H2,1H3,(H,12,14). The van der Waals surface area contributed by atoms with Gasteiger partial charge in [-0.2, -0.15) is 0 Å². The molecule has 0 heterocycles. The van der Waals surface area contributed by atoms with Crippen LogP contribution in [0.4, 0.5) is 5.69 Å². The van der Waals surface area contributed by atoms with Crippen LogP contribution in [-0.4, -0.2) is 17.6 Å². The van der Waals surface area contributed by atoms with Gasteiger partial charge in [0.25, 0.3) is 0 Å². The van der Waals surface area contributed by atoms with E-state index in [4.69, 9.17) is 10.8 Å². The highest BCUT2D eigenvalue weighted by atomic mass is 16.3. The summed E-state index contributed by atoms with van der Waals surface area (Å²) in [6, 6.07) is 5.60. The number of aryl methyl sites for hydroxylation is 1. The zero-order chi connectivity index (χ0) is 10.6. The van der Waals surface area contributed by atoms with Crippen molar-refractivity contribution < 1.29 is 9.90 Å². The van der Waals surface area contributed by atoms with Gasteiger partial charge in [-0.05, 0) is 24.1 Å².